The molecule has 4 rings (SSSR count). The summed E-state index contributed by atoms with van der Waals surface area (Å²) in [6.45, 7) is 1.54. The number of carbonyl (C=O) groups is 1. The zero-order valence-corrected chi connectivity index (χ0v) is 14.1. The second-order valence-electron chi connectivity index (χ2n) is 6.27. The predicted octanol–water partition coefficient (Wildman–Crippen LogP) is 2.84. The maximum absolute atomic E-state index is 12.5. The second kappa shape index (κ2) is 5.76. The van der Waals surface area contributed by atoms with Crippen LogP contribution in [0, 0.1) is 5.92 Å². The fourth-order valence-electron chi connectivity index (χ4n) is 3.55. The number of amides is 1. The van der Waals surface area contributed by atoms with Crippen LogP contribution in [0.1, 0.15) is 17.7 Å². The first-order valence-electron chi connectivity index (χ1n) is 7.70. The van der Waals surface area contributed by atoms with Crippen molar-refractivity contribution in [3.8, 4) is 0 Å². The molecule has 5 nitrogen and oxygen atoms in total. The molecule has 0 radical (unpaired) electrons. The lowest BCUT2D eigenvalue weighted by Crippen LogP contribution is -2.53. The highest BCUT2D eigenvalue weighted by Gasteiger charge is 2.54. The van der Waals surface area contributed by atoms with Crippen LogP contribution in [0.5, 0.6) is 0 Å². The standard InChI is InChI=1S/C16H17ClN4OS/c17-13-7-18-10-19-15(13)20-16-4-3-11(16)8-21(9-16)14(22)6-12-2-1-5-23-12/h1-2,5,7,10-11H,3-4,6,8-9H2,(H,18,19,20). The van der Waals surface area contributed by atoms with Crippen LogP contribution in [0.25, 0.3) is 0 Å². The molecule has 7 heteroatoms. The zero-order chi connectivity index (χ0) is 15.9. The van der Waals surface area contributed by atoms with Crippen molar-refractivity contribution in [2.24, 2.45) is 5.92 Å². The average molecular weight is 349 g/mol. The van der Waals surface area contributed by atoms with Gasteiger partial charge in [-0.15, -0.1) is 11.3 Å². The third kappa shape index (κ3) is 2.70. The predicted molar refractivity (Wildman–Crippen MR) is 90.7 cm³/mol. The number of likely N-dealkylation sites (tertiary alicyclic amines) is 1. The van der Waals surface area contributed by atoms with Crippen molar-refractivity contribution in [1.29, 1.82) is 0 Å². The van der Waals surface area contributed by atoms with Gasteiger partial charge in [0.25, 0.3) is 0 Å². The molecule has 0 aromatic carbocycles. The molecule has 0 spiro atoms. The van der Waals surface area contributed by atoms with Crippen molar-refractivity contribution in [2.45, 2.75) is 24.8 Å². The van der Waals surface area contributed by atoms with Crippen LogP contribution in [0.3, 0.4) is 0 Å². The molecule has 2 atom stereocenters. The van der Waals surface area contributed by atoms with Gasteiger partial charge < -0.3 is 10.2 Å². The molecule has 1 N–H and O–H groups in total. The van der Waals surface area contributed by atoms with Gasteiger partial charge in [0.1, 0.15) is 17.2 Å². The molecule has 1 saturated carbocycles. The van der Waals surface area contributed by atoms with Gasteiger partial charge in [-0.05, 0) is 24.3 Å². The van der Waals surface area contributed by atoms with Crippen molar-refractivity contribution < 1.29 is 4.79 Å². The minimum Gasteiger partial charge on any atom is -0.361 e. The van der Waals surface area contributed by atoms with Gasteiger partial charge in [-0.2, -0.15) is 0 Å². The van der Waals surface area contributed by atoms with Gasteiger partial charge in [-0.1, -0.05) is 17.7 Å². The molecule has 1 saturated heterocycles. The highest BCUT2D eigenvalue weighted by molar-refractivity contribution is 7.10. The number of fused-ring (bicyclic) bond motifs is 1. The molecule has 0 bridgehead atoms. The number of carbonyl (C=O) groups excluding carboxylic acids is 1. The number of rotatable bonds is 4. The molecule has 3 heterocycles. The van der Waals surface area contributed by atoms with E-state index in [0.717, 1.165) is 30.8 Å². The van der Waals surface area contributed by atoms with Gasteiger partial charge in [0.05, 0.1) is 18.2 Å². The van der Waals surface area contributed by atoms with E-state index in [2.05, 4.69) is 15.3 Å². The summed E-state index contributed by atoms with van der Waals surface area (Å²) in [5, 5.41) is 6.03. The average Bonchev–Trinajstić information content (AvgIpc) is 3.11. The maximum Gasteiger partial charge on any atom is 0.227 e. The van der Waals surface area contributed by atoms with E-state index in [4.69, 9.17) is 11.6 Å². The Kier molecular flexibility index (Phi) is 3.73. The van der Waals surface area contributed by atoms with Crippen LogP contribution >= 0.6 is 22.9 Å². The Morgan fingerprint density at radius 1 is 1.57 bits per heavy atom. The van der Waals surface area contributed by atoms with E-state index in [1.54, 1.807) is 17.5 Å². The molecule has 120 valence electrons. The third-order valence-electron chi connectivity index (χ3n) is 4.93. The normalized spacial score (nSPS) is 25.8. The maximum atomic E-state index is 12.5. The number of thiophene rings is 1. The van der Waals surface area contributed by atoms with Crippen LogP contribution in [-0.4, -0.2) is 39.4 Å². The monoisotopic (exact) mass is 348 g/mol. The van der Waals surface area contributed by atoms with E-state index < -0.39 is 0 Å². The van der Waals surface area contributed by atoms with E-state index in [0.29, 0.717) is 23.2 Å². The van der Waals surface area contributed by atoms with Crippen LogP contribution in [0.15, 0.2) is 30.0 Å². The number of nitrogens with one attached hydrogen (secondary N) is 1. The van der Waals surface area contributed by atoms with Crippen molar-refractivity contribution >= 4 is 34.7 Å². The molecular formula is C16H17ClN4OS. The van der Waals surface area contributed by atoms with E-state index in [-0.39, 0.29) is 11.4 Å². The fourth-order valence-corrected chi connectivity index (χ4v) is 4.40. The van der Waals surface area contributed by atoms with E-state index in [1.807, 2.05) is 22.4 Å². The summed E-state index contributed by atoms with van der Waals surface area (Å²) in [6.07, 6.45) is 5.76. The smallest absolute Gasteiger partial charge is 0.227 e. The lowest BCUT2D eigenvalue weighted by molar-refractivity contribution is -0.129. The van der Waals surface area contributed by atoms with Gasteiger partial charge in [0.15, 0.2) is 0 Å². The Labute approximate surface area is 143 Å². The Balaban J connectivity index is 1.47. The zero-order valence-electron chi connectivity index (χ0n) is 12.5. The highest BCUT2D eigenvalue weighted by atomic mass is 35.5. The Morgan fingerprint density at radius 2 is 2.48 bits per heavy atom. The van der Waals surface area contributed by atoms with Crippen LogP contribution in [0.2, 0.25) is 5.02 Å². The Bertz CT molecular complexity index is 723. The van der Waals surface area contributed by atoms with Crippen molar-refractivity contribution in [3.63, 3.8) is 0 Å². The van der Waals surface area contributed by atoms with Crippen LogP contribution in [0.4, 0.5) is 5.82 Å². The molecule has 2 aromatic rings. The molecule has 2 fully saturated rings. The topological polar surface area (TPSA) is 58.1 Å². The van der Waals surface area contributed by atoms with Crippen molar-refractivity contribution in [3.05, 3.63) is 39.9 Å². The van der Waals surface area contributed by atoms with Gasteiger partial charge in [0.2, 0.25) is 5.91 Å². The van der Waals surface area contributed by atoms with E-state index >= 15 is 0 Å². The van der Waals surface area contributed by atoms with Gasteiger partial charge in [-0.25, -0.2) is 9.97 Å². The summed E-state index contributed by atoms with van der Waals surface area (Å²) in [7, 11) is 0. The van der Waals surface area contributed by atoms with Crippen LogP contribution < -0.4 is 5.32 Å². The first-order valence-corrected chi connectivity index (χ1v) is 8.96. The molecule has 1 aliphatic heterocycles. The summed E-state index contributed by atoms with van der Waals surface area (Å²) in [5.74, 6) is 1.34. The largest absolute Gasteiger partial charge is 0.361 e. The molecule has 2 aromatic heterocycles. The lowest BCUT2D eigenvalue weighted by Gasteiger charge is -2.44. The number of hydrogen-bond acceptors (Lipinski definition) is 5. The second-order valence-corrected chi connectivity index (χ2v) is 7.71. The summed E-state index contributed by atoms with van der Waals surface area (Å²) in [4.78, 5) is 23.8. The number of aromatic nitrogens is 2. The Hall–Kier alpha value is -1.66. The number of hydrogen-bond donors (Lipinski definition) is 1. The molecular weight excluding hydrogens is 332 g/mol. The highest BCUT2D eigenvalue weighted by Crippen LogP contribution is 2.47. The minimum absolute atomic E-state index is 0.0803. The quantitative estimate of drug-likeness (QED) is 0.923. The Morgan fingerprint density at radius 3 is 3.17 bits per heavy atom. The first-order chi connectivity index (χ1) is 11.2. The molecule has 1 amide bonds. The summed E-state index contributed by atoms with van der Waals surface area (Å²) in [6, 6.07) is 4.00. The minimum atomic E-state index is -0.0803. The van der Waals surface area contributed by atoms with Crippen molar-refractivity contribution in [1.82, 2.24) is 14.9 Å². The SMILES string of the molecule is O=C(Cc1cccs1)N1CC2CCC2(Nc2ncncc2Cl)C1. The van der Waals surface area contributed by atoms with Gasteiger partial charge in [-0.3, -0.25) is 4.79 Å². The molecule has 2 aliphatic rings. The third-order valence-corrected chi connectivity index (χ3v) is 6.08. The van der Waals surface area contributed by atoms with Crippen LogP contribution in [-0.2, 0) is 11.2 Å². The summed E-state index contributed by atoms with van der Waals surface area (Å²) >= 11 is 7.80. The first kappa shape index (κ1) is 14.9. The summed E-state index contributed by atoms with van der Waals surface area (Å²) in [5.41, 5.74) is -0.0803. The van der Waals surface area contributed by atoms with Gasteiger partial charge in [0, 0.05) is 23.9 Å². The number of anilines is 1. The van der Waals surface area contributed by atoms with Gasteiger partial charge >= 0.3 is 0 Å². The number of nitrogens with zero attached hydrogens (tertiary/aromatic N) is 3. The molecule has 1 aliphatic carbocycles. The molecule has 2 unspecified atom stereocenters. The van der Waals surface area contributed by atoms with E-state index in [1.165, 1.54) is 6.33 Å². The lowest BCUT2D eigenvalue weighted by atomic mass is 9.69. The number of halogens is 1. The fraction of sp³-hybridized carbons (Fsp3) is 0.438. The summed E-state index contributed by atoms with van der Waals surface area (Å²) < 4.78 is 0. The van der Waals surface area contributed by atoms with Crippen molar-refractivity contribution in [2.75, 3.05) is 18.4 Å². The molecule has 23 heavy (non-hydrogen) atoms. The van der Waals surface area contributed by atoms with E-state index in [9.17, 15) is 4.79 Å².